The predicted octanol–water partition coefficient (Wildman–Crippen LogP) is 11.5. The lowest BCUT2D eigenvalue weighted by molar-refractivity contribution is 0.168. The second kappa shape index (κ2) is 16.3. The Morgan fingerprint density at radius 1 is 0.316 bits per heavy atom. The van der Waals surface area contributed by atoms with E-state index in [1.807, 2.05) is 0 Å². The Balaban J connectivity index is 1.82. The molecule has 0 aliphatic carbocycles. The van der Waals surface area contributed by atoms with E-state index in [1.165, 1.54) is 0 Å². The number of hydrogen-bond donors (Lipinski definition) is 3. The minimum absolute atomic E-state index is 0.107. The van der Waals surface area contributed by atoms with Crippen LogP contribution in [0.4, 0.5) is 0 Å². The van der Waals surface area contributed by atoms with Crippen molar-refractivity contribution < 1.29 is 15.3 Å². The summed E-state index contributed by atoms with van der Waals surface area (Å²) in [5.41, 5.74) is 8.76. The zero-order valence-electron chi connectivity index (χ0n) is 38.7. The Bertz CT molecular complexity index is 1680. The summed E-state index contributed by atoms with van der Waals surface area (Å²) in [6.07, 6.45) is -2.14. The van der Waals surface area contributed by atoms with Crippen LogP contribution in [0.25, 0.3) is 0 Å². The summed E-state index contributed by atoms with van der Waals surface area (Å²) in [4.78, 5) is 14.7. The van der Waals surface area contributed by atoms with Gasteiger partial charge < -0.3 is 15.3 Å². The van der Waals surface area contributed by atoms with Gasteiger partial charge in [0.1, 0.15) is 17.5 Å². The number of benzene rings is 3. The summed E-state index contributed by atoms with van der Waals surface area (Å²) < 4.78 is 0. The van der Waals surface area contributed by atoms with Crippen molar-refractivity contribution in [3.8, 4) is 0 Å². The Labute approximate surface area is 346 Å². The maximum atomic E-state index is 11.9. The van der Waals surface area contributed by atoms with Crippen LogP contribution in [0.15, 0.2) is 54.6 Å². The van der Waals surface area contributed by atoms with Crippen LogP contribution in [0, 0.1) is 0 Å². The molecule has 0 aliphatic rings. The minimum atomic E-state index is -0.873. The van der Waals surface area contributed by atoms with Gasteiger partial charge in [0.2, 0.25) is 0 Å². The minimum Gasteiger partial charge on any atom is -0.388 e. The van der Waals surface area contributed by atoms with E-state index in [0.717, 1.165) is 50.1 Å². The van der Waals surface area contributed by atoms with Crippen LogP contribution in [0.5, 0.6) is 0 Å². The highest BCUT2D eigenvalue weighted by molar-refractivity contribution is 5.41. The zero-order valence-corrected chi connectivity index (χ0v) is 38.7. The number of aliphatic hydroxyl groups is 3. The van der Waals surface area contributed by atoms with Gasteiger partial charge in [-0.15, -0.1) is 0 Å². The number of rotatable bonds is 9. The van der Waals surface area contributed by atoms with Crippen LogP contribution in [0.1, 0.15) is 210 Å². The lowest BCUT2D eigenvalue weighted by Gasteiger charge is -2.27. The number of hydrogen-bond acceptors (Lipinski definition) is 6. The molecule has 1 heterocycles. The number of nitrogens with zero attached hydrogens (tertiary/aromatic N) is 3. The van der Waals surface area contributed by atoms with Gasteiger partial charge in [-0.2, -0.15) is 0 Å². The molecular weight excluding hydrogens is 703 g/mol. The van der Waals surface area contributed by atoms with Crippen LogP contribution in [0.2, 0.25) is 0 Å². The highest BCUT2D eigenvalue weighted by Gasteiger charge is 2.27. The maximum Gasteiger partial charge on any atom is 0.135 e. The molecule has 1 aromatic heterocycles. The first-order chi connectivity index (χ1) is 25.7. The van der Waals surface area contributed by atoms with Gasteiger partial charge in [-0.3, -0.25) is 0 Å². The van der Waals surface area contributed by atoms with Crippen LogP contribution in [-0.2, 0) is 51.8 Å². The molecule has 0 fully saturated rings. The summed E-state index contributed by atoms with van der Waals surface area (Å²) >= 11 is 0. The quantitative estimate of drug-likeness (QED) is 0.156. The predicted molar refractivity (Wildman–Crippen MR) is 237 cm³/mol. The van der Waals surface area contributed by atoms with Crippen molar-refractivity contribution >= 4 is 0 Å². The molecule has 312 valence electrons. The lowest BCUT2D eigenvalue weighted by Crippen LogP contribution is -2.20. The molecule has 0 radical (unpaired) electrons. The van der Waals surface area contributed by atoms with Gasteiger partial charge in [0, 0.05) is 19.3 Å². The normalized spacial score (nSPS) is 15.1. The Kier molecular flexibility index (Phi) is 13.2. The van der Waals surface area contributed by atoms with Crippen molar-refractivity contribution in [1.82, 2.24) is 15.0 Å². The molecule has 4 rings (SSSR count). The van der Waals surface area contributed by atoms with Crippen LogP contribution in [-0.4, -0.2) is 30.3 Å². The second-order valence-electron chi connectivity index (χ2n) is 22.8. The molecular formula is C51H75N3O3. The topological polar surface area (TPSA) is 99.4 Å². The highest BCUT2D eigenvalue weighted by atomic mass is 16.3. The lowest BCUT2D eigenvalue weighted by atomic mass is 9.79. The summed E-state index contributed by atoms with van der Waals surface area (Å²) in [5.74, 6) is 1.29. The van der Waals surface area contributed by atoms with Gasteiger partial charge >= 0.3 is 0 Å². The molecule has 0 aliphatic heterocycles. The van der Waals surface area contributed by atoms with Crippen LogP contribution in [0.3, 0.4) is 0 Å². The molecule has 3 N–H and O–H groups in total. The third-order valence-electron chi connectivity index (χ3n) is 11.1. The van der Waals surface area contributed by atoms with Gasteiger partial charge in [-0.1, -0.05) is 179 Å². The van der Waals surface area contributed by atoms with E-state index in [1.54, 1.807) is 0 Å². The van der Waals surface area contributed by atoms with Crippen molar-refractivity contribution in [3.63, 3.8) is 0 Å². The molecule has 57 heavy (non-hydrogen) atoms. The molecule has 3 atom stereocenters. The van der Waals surface area contributed by atoms with E-state index in [-0.39, 0.29) is 51.8 Å². The van der Waals surface area contributed by atoms with Crippen LogP contribution >= 0.6 is 0 Å². The third-order valence-corrected chi connectivity index (χ3v) is 11.1. The standard InChI is InChI=1S/C51H75N3O3/c1-46(2,3)34-19-31(20-35(25-34)47(4,5)6)40(55)28-43-52-44(29-41(56)32-21-36(48(7,8)9)26-37(22-32)49(10,11)12)54-45(53-43)30-42(57)33-23-38(50(13,14)15)27-39(24-33)51(16,17)18/h19-27,40-42,55-57H,28-30H2,1-18H3. The van der Waals surface area contributed by atoms with E-state index in [2.05, 4.69) is 179 Å². The first kappa shape index (κ1) is 46.2. The van der Waals surface area contributed by atoms with E-state index in [0.29, 0.717) is 17.5 Å². The Hall–Kier alpha value is -3.45. The van der Waals surface area contributed by atoms with Gasteiger partial charge in [0.15, 0.2) is 0 Å². The fourth-order valence-electron chi connectivity index (χ4n) is 6.80. The monoisotopic (exact) mass is 778 g/mol. The van der Waals surface area contributed by atoms with Crippen molar-refractivity contribution in [2.24, 2.45) is 0 Å². The van der Waals surface area contributed by atoms with Crippen molar-refractivity contribution in [3.05, 3.63) is 122 Å². The molecule has 0 saturated heterocycles. The number of aromatic nitrogens is 3. The average molecular weight is 778 g/mol. The van der Waals surface area contributed by atoms with Gasteiger partial charge in [0.25, 0.3) is 0 Å². The summed E-state index contributed by atoms with van der Waals surface area (Å²) in [5, 5.41) is 35.7. The molecule has 6 nitrogen and oxygen atoms in total. The first-order valence-corrected chi connectivity index (χ1v) is 21.0. The van der Waals surface area contributed by atoms with Crippen molar-refractivity contribution in [2.45, 2.75) is 195 Å². The molecule has 4 aromatic rings. The zero-order chi connectivity index (χ0) is 43.3. The molecule has 3 aromatic carbocycles. The molecule has 0 spiro atoms. The van der Waals surface area contributed by atoms with Crippen LogP contribution < -0.4 is 0 Å². The molecule has 6 heteroatoms. The van der Waals surface area contributed by atoms with Crippen molar-refractivity contribution in [1.29, 1.82) is 0 Å². The van der Waals surface area contributed by atoms with Gasteiger partial charge in [-0.25, -0.2) is 15.0 Å². The van der Waals surface area contributed by atoms with E-state index in [4.69, 9.17) is 15.0 Å². The summed E-state index contributed by atoms with van der Waals surface area (Å²) in [7, 11) is 0. The maximum absolute atomic E-state index is 11.9. The SMILES string of the molecule is CC(C)(C)c1cc(C(O)Cc2nc(CC(O)c3cc(C(C)(C)C)cc(C(C)(C)C)c3)nc(CC(O)c3cc(C(C)(C)C)cc(C(C)(C)C)c3)n2)cc(C(C)(C)C)c1. The van der Waals surface area contributed by atoms with Gasteiger partial charge in [-0.05, 0) is 82.6 Å². The molecule has 0 amide bonds. The smallest absolute Gasteiger partial charge is 0.135 e. The Morgan fingerprint density at radius 3 is 0.614 bits per heavy atom. The average Bonchev–Trinajstić information content (AvgIpc) is 3.05. The second-order valence-corrected chi connectivity index (χ2v) is 22.8. The third kappa shape index (κ3) is 12.3. The fourth-order valence-corrected chi connectivity index (χ4v) is 6.80. The fraction of sp³-hybridized carbons (Fsp3) is 0.588. The molecule has 3 unspecified atom stereocenters. The first-order valence-electron chi connectivity index (χ1n) is 21.0. The van der Waals surface area contributed by atoms with Crippen molar-refractivity contribution in [2.75, 3.05) is 0 Å². The largest absolute Gasteiger partial charge is 0.388 e. The number of aliphatic hydroxyl groups excluding tert-OH is 3. The summed E-state index contributed by atoms with van der Waals surface area (Å²) in [6.45, 7) is 39.4. The van der Waals surface area contributed by atoms with E-state index >= 15 is 0 Å². The van der Waals surface area contributed by atoms with Gasteiger partial charge in [0.05, 0.1) is 18.3 Å². The summed E-state index contributed by atoms with van der Waals surface area (Å²) in [6, 6.07) is 19.3. The van der Waals surface area contributed by atoms with E-state index in [9.17, 15) is 15.3 Å². The molecule has 0 bridgehead atoms. The van der Waals surface area contributed by atoms with E-state index < -0.39 is 18.3 Å². The molecule has 0 saturated carbocycles. The Morgan fingerprint density at radius 2 is 0.474 bits per heavy atom. The highest BCUT2D eigenvalue weighted by Crippen LogP contribution is 2.36.